The molecule has 0 aromatic heterocycles. The van der Waals surface area contributed by atoms with Crippen LogP contribution in [-0.4, -0.2) is 21.9 Å². The molecular formula is C20H25Cl3N2O2. The summed E-state index contributed by atoms with van der Waals surface area (Å²) in [7, 11) is 0. The number of carbonyl (C=O) groups is 2. The first-order valence-corrected chi connectivity index (χ1v) is 8.51. The molecule has 0 aliphatic carbocycles. The number of aryl methyl sites for hydroxylation is 2. The largest absolute Gasteiger partial charge is 1.00 e. The molecule has 4 nitrogen and oxygen atoms in total. The zero-order valence-electron chi connectivity index (χ0n) is 16.0. The van der Waals surface area contributed by atoms with Gasteiger partial charge in [0.1, 0.15) is 5.54 Å². The lowest BCUT2D eigenvalue weighted by Crippen LogP contribution is -3.25. The Balaban J connectivity index is 0.00000338. The number of benzene rings is 2. The highest BCUT2D eigenvalue weighted by Crippen LogP contribution is 2.10. The lowest BCUT2D eigenvalue weighted by Gasteiger charge is -2.33. The van der Waals surface area contributed by atoms with Gasteiger partial charge in [-0.2, -0.15) is 0 Å². The predicted molar refractivity (Wildman–Crippen MR) is 107 cm³/mol. The summed E-state index contributed by atoms with van der Waals surface area (Å²) in [5.74, 6) is -0.653. The molecule has 0 aliphatic rings. The Bertz CT molecular complexity index is 787. The quantitative estimate of drug-likeness (QED) is 0.564. The molecule has 0 bridgehead atoms. The molecular weight excluding hydrogens is 407 g/mol. The molecule has 0 aliphatic heterocycles. The fourth-order valence-electron chi connectivity index (χ4n) is 2.56. The molecule has 148 valence electrons. The van der Waals surface area contributed by atoms with E-state index in [0.717, 1.165) is 15.7 Å². The molecule has 0 saturated heterocycles. The van der Waals surface area contributed by atoms with Crippen molar-refractivity contribution in [1.82, 2.24) is 4.53 Å². The topological polar surface area (TPSA) is 41.8 Å². The number of nitrogens with zero attached hydrogens (tertiary/aromatic N) is 1. The molecule has 0 saturated carbocycles. The van der Waals surface area contributed by atoms with Crippen molar-refractivity contribution in [1.29, 1.82) is 0 Å². The summed E-state index contributed by atoms with van der Waals surface area (Å²) >= 11 is 6.37. The highest BCUT2D eigenvalue weighted by Gasteiger charge is 2.41. The number of rotatable bonds is 2. The number of carbonyl (C=O) groups excluding carboxylic acids is 2. The second-order valence-electron chi connectivity index (χ2n) is 7.25. The smallest absolute Gasteiger partial charge is 0.370 e. The summed E-state index contributed by atoms with van der Waals surface area (Å²) in [5.41, 5.74) is 2.39. The van der Waals surface area contributed by atoms with Crippen molar-refractivity contribution in [2.45, 2.75) is 40.2 Å². The van der Waals surface area contributed by atoms with Crippen LogP contribution in [0.15, 0.2) is 48.5 Å². The molecule has 2 aromatic carbocycles. The molecule has 0 heterocycles. The van der Waals surface area contributed by atoms with Crippen LogP contribution < -0.4 is 17.4 Å². The normalized spacial score (nSPS) is 11.6. The Morgan fingerprint density at radius 1 is 0.926 bits per heavy atom. The number of quaternary nitrogens is 1. The minimum atomic E-state index is -0.594. The fraction of sp³-hybridized carbons (Fsp3) is 0.300. The van der Waals surface area contributed by atoms with E-state index in [4.69, 9.17) is 11.8 Å². The van der Waals surface area contributed by atoms with E-state index in [-0.39, 0.29) is 35.7 Å². The van der Waals surface area contributed by atoms with Gasteiger partial charge in [0.2, 0.25) is 0 Å². The maximum atomic E-state index is 13.0. The van der Waals surface area contributed by atoms with Crippen molar-refractivity contribution in [3.8, 4) is 0 Å². The molecule has 2 amide bonds. The summed E-state index contributed by atoms with van der Waals surface area (Å²) in [6.07, 6.45) is 0. The summed E-state index contributed by atoms with van der Waals surface area (Å²) < 4.78 is 0.969. The maximum absolute atomic E-state index is 13.0. The Morgan fingerprint density at radius 3 is 1.96 bits per heavy atom. The average molecular weight is 432 g/mol. The van der Waals surface area contributed by atoms with Crippen molar-refractivity contribution >= 4 is 36.0 Å². The van der Waals surface area contributed by atoms with Gasteiger partial charge >= 0.3 is 11.8 Å². The van der Waals surface area contributed by atoms with Crippen LogP contribution in [0.5, 0.6) is 0 Å². The third-order valence-corrected chi connectivity index (χ3v) is 4.20. The van der Waals surface area contributed by atoms with Gasteiger partial charge in [0.05, 0.1) is 17.3 Å². The second kappa shape index (κ2) is 10.1. The SMILES string of the molecule is Cc1ccc(C(=O)[NH+](N(Cl)C(=O)c2cccc(C)c2)C(C)(C)C)cc1.Cl.[Cl-]. The molecule has 27 heavy (non-hydrogen) atoms. The number of amides is 2. The van der Waals surface area contributed by atoms with Crippen molar-refractivity contribution in [3.05, 3.63) is 70.8 Å². The van der Waals surface area contributed by atoms with Gasteiger partial charge < -0.3 is 12.4 Å². The van der Waals surface area contributed by atoms with Gasteiger partial charge in [-0.25, -0.2) is 4.79 Å². The van der Waals surface area contributed by atoms with E-state index in [0.29, 0.717) is 11.1 Å². The summed E-state index contributed by atoms with van der Waals surface area (Å²) in [6, 6.07) is 14.4. The molecule has 0 fully saturated rings. The van der Waals surface area contributed by atoms with Crippen LogP contribution in [0.25, 0.3) is 0 Å². The van der Waals surface area contributed by atoms with Crippen LogP contribution in [-0.2, 0) is 0 Å². The van der Waals surface area contributed by atoms with E-state index in [1.165, 1.54) is 0 Å². The Kier molecular flexibility index (Phi) is 9.50. The van der Waals surface area contributed by atoms with Crippen LogP contribution in [0.4, 0.5) is 0 Å². The maximum Gasteiger partial charge on any atom is 0.370 e. The molecule has 0 spiro atoms. The van der Waals surface area contributed by atoms with Gasteiger partial charge in [-0.05, 0) is 58.9 Å². The molecule has 2 aromatic rings. The molecule has 1 atom stereocenters. The highest BCUT2D eigenvalue weighted by atomic mass is 35.5. The molecule has 1 unspecified atom stereocenters. The molecule has 7 heteroatoms. The van der Waals surface area contributed by atoms with E-state index in [1.54, 1.807) is 30.3 Å². The van der Waals surface area contributed by atoms with E-state index >= 15 is 0 Å². The first-order valence-electron chi connectivity index (χ1n) is 8.17. The van der Waals surface area contributed by atoms with Gasteiger partial charge in [-0.3, -0.25) is 4.79 Å². The number of halogens is 3. The van der Waals surface area contributed by atoms with E-state index in [9.17, 15) is 9.59 Å². The van der Waals surface area contributed by atoms with Crippen LogP contribution in [0.1, 0.15) is 52.6 Å². The zero-order valence-corrected chi connectivity index (χ0v) is 18.4. The predicted octanol–water partition coefficient (Wildman–Crippen LogP) is 0.764. The van der Waals surface area contributed by atoms with Crippen molar-refractivity contribution in [2.75, 3.05) is 0 Å². The van der Waals surface area contributed by atoms with Crippen LogP contribution in [0.3, 0.4) is 0 Å². The lowest BCUT2D eigenvalue weighted by molar-refractivity contribution is -0.951. The third-order valence-electron chi connectivity index (χ3n) is 3.88. The van der Waals surface area contributed by atoms with Crippen LogP contribution in [0, 0.1) is 13.8 Å². The molecule has 2 rings (SSSR count). The summed E-state index contributed by atoms with van der Waals surface area (Å²) in [6.45, 7) is 9.47. The number of hydrogen-bond acceptors (Lipinski definition) is 2. The van der Waals surface area contributed by atoms with Crippen molar-refractivity contribution in [3.63, 3.8) is 0 Å². The minimum absolute atomic E-state index is 0. The van der Waals surface area contributed by atoms with Gasteiger partial charge in [-0.15, -0.1) is 17.4 Å². The Labute approximate surface area is 178 Å². The fourth-order valence-corrected chi connectivity index (χ4v) is 2.99. The van der Waals surface area contributed by atoms with Gasteiger partial charge in [0.25, 0.3) is 0 Å². The zero-order chi connectivity index (χ0) is 18.8. The summed E-state index contributed by atoms with van der Waals surface area (Å²) in [4.78, 5) is 25.8. The molecule has 0 radical (unpaired) electrons. The first kappa shape index (κ1) is 25.4. The van der Waals surface area contributed by atoms with Gasteiger partial charge in [-0.1, -0.05) is 39.9 Å². The third kappa shape index (κ3) is 6.22. The van der Waals surface area contributed by atoms with Gasteiger partial charge in [0.15, 0.2) is 0 Å². The number of nitrogens with one attached hydrogen (secondary N) is 1. The van der Waals surface area contributed by atoms with Crippen molar-refractivity contribution in [2.24, 2.45) is 0 Å². The second-order valence-corrected chi connectivity index (χ2v) is 7.59. The van der Waals surface area contributed by atoms with E-state index < -0.39 is 11.4 Å². The molecule has 1 N–H and O–H groups in total. The lowest BCUT2D eigenvalue weighted by atomic mass is 10.1. The monoisotopic (exact) mass is 430 g/mol. The van der Waals surface area contributed by atoms with Gasteiger partial charge in [0, 0.05) is 5.56 Å². The van der Waals surface area contributed by atoms with E-state index in [2.05, 4.69) is 0 Å². The Hall–Kier alpha value is -1.59. The minimum Gasteiger partial charge on any atom is -1.00 e. The Morgan fingerprint density at radius 2 is 1.48 bits per heavy atom. The van der Waals surface area contributed by atoms with Crippen molar-refractivity contribution < 1.29 is 27.0 Å². The standard InChI is InChI=1S/C20H23ClN2O2.2ClH/c1-14-9-11-16(12-10-14)18(24)22(20(3,4)5)23(21)19(25)17-8-6-7-15(2)13-17;;/h6-13H,1-5H3;2*1H. The highest BCUT2D eigenvalue weighted by molar-refractivity contribution is 6.23. The first-order chi connectivity index (χ1) is 11.6. The van der Waals surface area contributed by atoms with Crippen LogP contribution >= 0.6 is 24.2 Å². The van der Waals surface area contributed by atoms with Crippen LogP contribution in [0.2, 0.25) is 0 Å². The summed E-state index contributed by atoms with van der Waals surface area (Å²) in [5, 5.41) is 0.254. The van der Waals surface area contributed by atoms with E-state index in [1.807, 2.05) is 52.8 Å². The average Bonchev–Trinajstić information content (AvgIpc) is 2.53. The number of hydrogen-bond donors (Lipinski definition) is 1.